The van der Waals surface area contributed by atoms with Crippen molar-refractivity contribution >= 4 is 0 Å². The Labute approximate surface area is 322 Å². The highest BCUT2D eigenvalue weighted by Crippen LogP contribution is 2.44. The SMILES string of the molecule is Cc1cc(O)c(C(C)(C)C)cc1C(c1cc(C(C)(C)C)c(O)cc1C)C(C)C.Cc1cc(O)c(C(C)(C)C)cc1Cc1cc(C(C)(C)C)c(O)cc1C. The van der Waals surface area contributed by atoms with E-state index in [9.17, 15) is 20.4 Å². The Balaban J connectivity index is 0.000000287. The fourth-order valence-corrected chi connectivity index (χ4v) is 7.44. The molecule has 0 unspecified atom stereocenters. The Morgan fingerprint density at radius 1 is 0.396 bits per heavy atom. The first kappa shape index (κ1) is 43.5. The average Bonchev–Trinajstić information content (AvgIpc) is 2.95. The average molecular weight is 723 g/mol. The molecule has 0 saturated heterocycles. The van der Waals surface area contributed by atoms with E-state index in [2.05, 4.69) is 135 Å². The molecule has 0 amide bonds. The molecule has 290 valence electrons. The molecule has 0 aliphatic heterocycles. The second-order valence-electron chi connectivity index (χ2n) is 19.9. The highest BCUT2D eigenvalue weighted by Gasteiger charge is 2.29. The molecule has 0 atom stereocenters. The van der Waals surface area contributed by atoms with E-state index in [1.54, 1.807) is 0 Å². The molecule has 0 aromatic heterocycles. The first-order chi connectivity index (χ1) is 23.9. The van der Waals surface area contributed by atoms with Gasteiger partial charge in [0.25, 0.3) is 0 Å². The number of aryl methyl sites for hydroxylation is 4. The van der Waals surface area contributed by atoms with Crippen molar-refractivity contribution in [3.8, 4) is 23.0 Å². The summed E-state index contributed by atoms with van der Waals surface area (Å²) in [6.45, 7) is 38.2. The molecule has 0 saturated carbocycles. The minimum absolute atomic E-state index is 0.104. The van der Waals surface area contributed by atoms with Gasteiger partial charge in [-0.05, 0) is 153 Å². The lowest BCUT2D eigenvalue weighted by atomic mass is 9.74. The summed E-state index contributed by atoms with van der Waals surface area (Å²) in [4.78, 5) is 0. The number of phenolic OH excluding ortho intramolecular Hbond substituents is 4. The molecule has 53 heavy (non-hydrogen) atoms. The van der Waals surface area contributed by atoms with Crippen molar-refractivity contribution in [2.75, 3.05) is 0 Å². The van der Waals surface area contributed by atoms with E-state index in [4.69, 9.17) is 0 Å². The highest BCUT2D eigenvalue weighted by molar-refractivity contribution is 5.53. The Kier molecular flexibility index (Phi) is 12.7. The fraction of sp³-hybridized carbons (Fsp3) is 0.510. The van der Waals surface area contributed by atoms with Crippen LogP contribution in [-0.4, -0.2) is 20.4 Å². The van der Waals surface area contributed by atoms with Crippen molar-refractivity contribution in [1.29, 1.82) is 0 Å². The lowest BCUT2D eigenvalue weighted by Gasteiger charge is -2.30. The summed E-state index contributed by atoms with van der Waals surface area (Å²) in [7, 11) is 0. The smallest absolute Gasteiger partial charge is 0.119 e. The summed E-state index contributed by atoms with van der Waals surface area (Å²) in [6, 6.07) is 16.2. The molecule has 0 aliphatic carbocycles. The number of aromatic hydroxyl groups is 4. The van der Waals surface area contributed by atoms with Crippen LogP contribution in [0.15, 0.2) is 48.5 Å². The molecule has 0 bridgehead atoms. The van der Waals surface area contributed by atoms with Crippen LogP contribution in [0.2, 0.25) is 0 Å². The van der Waals surface area contributed by atoms with Crippen LogP contribution in [0.1, 0.15) is 170 Å². The van der Waals surface area contributed by atoms with Gasteiger partial charge in [-0.1, -0.05) is 121 Å². The normalized spacial score (nSPS) is 12.7. The maximum absolute atomic E-state index is 10.6. The number of hydrogen-bond donors (Lipinski definition) is 4. The standard InChI is InChI=1S/C26H38O2.C23H32O2/c1-15(2)24(18-13-20(25(5,6)7)22(27)11-16(18)3)19-14-21(26(8,9)10)23(28)12-17(19)4;1-14-9-20(24)18(22(3,4)5)12-16(14)11-17-13-19(23(6,7)8)21(25)10-15(17)2/h11-15,24,27-28H,1-10H3;9-10,12-13,24-25H,11H2,1-8H3. The molecule has 4 aromatic rings. The maximum atomic E-state index is 10.6. The minimum atomic E-state index is -0.130. The predicted octanol–water partition coefficient (Wildman–Crippen LogP) is 13.0. The zero-order chi connectivity index (χ0) is 40.8. The van der Waals surface area contributed by atoms with Gasteiger partial charge in [0.15, 0.2) is 0 Å². The Hall–Kier alpha value is -3.92. The van der Waals surface area contributed by atoms with Gasteiger partial charge in [0, 0.05) is 5.92 Å². The molecule has 4 aromatic carbocycles. The first-order valence-corrected chi connectivity index (χ1v) is 19.3. The molecular weight excluding hydrogens is 653 g/mol. The van der Waals surface area contributed by atoms with E-state index in [1.165, 1.54) is 22.3 Å². The Morgan fingerprint density at radius 2 is 0.642 bits per heavy atom. The third kappa shape index (κ3) is 10.2. The lowest BCUT2D eigenvalue weighted by Crippen LogP contribution is -2.18. The van der Waals surface area contributed by atoms with Gasteiger partial charge >= 0.3 is 0 Å². The molecule has 4 N–H and O–H groups in total. The fourth-order valence-electron chi connectivity index (χ4n) is 7.44. The van der Waals surface area contributed by atoms with Gasteiger partial charge in [0.2, 0.25) is 0 Å². The maximum Gasteiger partial charge on any atom is 0.119 e. The van der Waals surface area contributed by atoms with Crippen molar-refractivity contribution in [1.82, 2.24) is 0 Å². The highest BCUT2D eigenvalue weighted by atomic mass is 16.3. The molecule has 0 aliphatic rings. The van der Waals surface area contributed by atoms with Gasteiger partial charge in [-0.3, -0.25) is 0 Å². The van der Waals surface area contributed by atoms with Gasteiger partial charge in [-0.25, -0.2) is 0 Å². The van der Waals surface area contributed by atoms with Crippen LogP contribution in [0, 0.1) is 33.6 Å². The minimum Gasteiger partial charge on any atom is -0.508 e. The van der Waals surface area contributed by atoms with Gasteiger partial charge < -0.3 is 20.4 Å². The van der Waals surface area contributed by atoms with E-state index >= 15 is 0 Å². The number of benzene rings is 4. The van der Waals surface area contributed by atoms with E-state index in [-0.39, 0.29) is 27.6 Å². The molecule has 0 spiro atoms. The quantitative estimate of drug-likeness (QED) is 0.165. The van der Waals surface area contributed by atoms with E-state index in [0.29, 0.717) is 28.9 Å². The summed E-state index contributed by atoms with van der Waals surface area (Å²) in [6.07, 6.45) is 0.796. The van der Waals surface area contributed by atoms with Crippen LogP contribution in [0.4, 0.5) is 0 Å². The van der Waals surface area contributed by atoms with Gasteiger partial charge in [0.05, 0.1) is 0 Å². The van der Waals surface area contributed by atoms with Crippen molar-refractivity contribution < 1.29 is 20.4 Å². The third-order valence-electron chi connectivity index (χ3n) is 10.6. The molecule has 0 heterocycles. The number of phenols is 4. The van der Waals surface area contributed by atoms with Crippen molar-refractivity contribution in [2.24, 2.45) is 5.92 Å². The lowest BCUT2D eigenvalue weighted by molar-refractivity contribution is 0.442. The Morgan fingerprint density at radius 3 is 0.887 bits per heavy atom. The zero-order valence-corrected chi connectivity index (χ0v) is 36.3. The molecule has 4 nitrogen and oxygen atoms in total. The molecular formula is C49H70O4. The van der Waals surface area contributed by atoms with Crippen LogP contribution in [0.5, 0.6) is 23.0 Å². The van der Waals surface area contributed by atoms with Crippen LogP contribution in [0.25, 0.3) is 0 Å². The molecule has 0 radical (unpaired) electrons. The van der Waals surface area contributed by atoms with Gasteiger partial charge in [0.1, 0.15) is 23.0 Å². The molecule has 4 heteroatoms. The molecule has 4 rings (SSSR count). The topological polar surface area (TPSA) is 80.9 Å². The second-order valence-corrected chi connectivity index (χ2v) is 19.9. The van der Waals surface area contributed by atoms with Gasteiger partial charge in [-0.2, -0.15) is 0 Å². The predicted molar refractivity (Wildman–Crippen MR) is 226 cm³/mol. The van der Waals surface area contributed by atoms with Crippen molar-refractivity contribution in [3.05, 3.63) is 115 Å². The summed E-state index contributed by atoms with van der Waals surface area (Å²) < 4.78 is 0. The zero-order valence-electron chi connectivity index (χ0n) is 36.3. The van der Waals surface area contributed by atoms with Crippen LogP contribution in [-0.2, 0) is 28.1 Å². The van der Waals surface area contributed by atoms with Gasteiger partial charge in [-0.15, -0.1) is 0 Å². The second kappa shape index (κ2) is 15.4. The Bertz CT molecular complexity index is 1800. The summed E-state index contributed by atoms with van der Waals surface area (Å²) >= 11 is 0. The number of hydrogen-bond acceptors (Lipinski definition) is 4. The summed E-state index contributed by atoms with van der Waals surface area (Å²) in [5, 5.41) is 41.8. The number of rotatable bonds is 5. The van der Waals surface area contributed by atoms with Crippen molar-refractivity contribution in [3.63, 3.8) is 0 Å². The summed E-state index contributed by atoms with van der Waals surface area (Å²) in [5.74, 6) is 2.05. The monoisotopic (exact) mass is 723 g/mol. The molecule has 0 fully saturated rings. The van der Waals surface area contributed by atoms with Crippen molar-refractivity contribution in [2.45, 2.75) is 159 Å². The largest absolute Gasteiger partial charge is 0.508 e. The van der Waals surface area contributed by atoms with Crippen LogP contribution in [0.3, 0.4) is 0 Å². The van der Waals surface area contributed by atoms with Crippen LogP contribution >= 0.6 is 0 Å². The van der Waals surface area contributed by atoms with E-state index in [0.717, 1.165) is 50.9 Å². The third-order valence-corrected chi connectivity index (χ3v) is 10.6. The van der Waals surface area contributed by atoms with E-state index in [1.807, 2.05) is 38.1 Å². The first-order valence-electron chi connectivity index (χ1n) is 19.3. The van der Waals surface area contributed by atoms with E-state index < -0.39 is 0 Å². The summed E-state index contributed by atoms with van der Waals surface area (Å²) in [5.41, 5.74) is 12.8. The van der Waals surface area contributed by atoms with Crippen LogP contribution < -0.4 is 0 Å².